The Morgan fingerprint density at radius 1 is 0.133 bits per heavy atom. The first kappa shape index (κ1) is 72.5. The second-order valence-corrected chi connectivity index (χ2v) is 32.6. The van der Waals surface area contributed by atoms with Crippen molar-refractivity contribution in [1.29, 1.82) is 0 Å². The van der Waals surface area contributed by atoms with Gasteiger partial charge in [0.25, 0.3) is 0 Å². The predicted octanol–water partition coefficient (Wildman–Crippen LogP) is 29.6. The summed E-state index contributed by atoms with van der Waals surface area (Å²) < 4.78 is 0. The molecule has 566 valence electrons. The molecule has 6 nitrogen and oxygen atoms in total. The Morgan fingerprint density at radius 2 is 0.325 bits per heavy atom. The van der Waals surface area contributed by atoms with Crippen LogP contribution < -0.4 is 0 Å². The van der Waals surface area contributed by atoms with Gasteiger partial charge in [-0.2, -0.15) is 0 Å². The highest BCUT2D eigenvalue weighted by atomic mass is 15.0. The molecule has 1 aliphatic carbocycles. The summed E-state index contributed by atoms with van der Waals surface area (Å²) in [6, 6.07) is 148. The average molecular weight is 1530 g/mol. The third-order valence-electron chi connectivity index (χ3n) is 24.5. The fraction of sp³-hybridized carbons (Fsp3) is 0.0526. The van der Waals surface area contributed by atoms with Crippen molar-refractivity contribution in [2.45, 2.75) is 38.5 Å². The summed E-state index contributed by atoms with van der Waals surface area (Å²) in [5.41, 5.74) is 24.7. The quantitative estimate of drug-likeness (QED) is 0.113. The first-order valence-electron chi connectivity index (χ1n) is 41.2. The Balaban J connectivity index is 0.000000149. The minimum Gasteiger partial charge on any atom is -0.208 e. The van der Waals surface area contributed by atoms with Gasteiger partial charge in [-0.1, -0.05) is 392 Å². The minimum absolute atomic E-state index is 0.205. The number of hydrogen-bond acceptors (Lipinski definition) is 6. The highest BCUT2D eigenvalue weighted by molar-refractivity contribution is 6.09. The fourth-order valence-corrected chi connectivity index (χ4v) is 17.7. The van der Waals surface area contributed by atoms with Gasteiger partial charge in [-0.05, 0) is 202 Å². The number of rotatable bonds is 12. The van der Waals surface area contributed by atoms with E-state index >= 15 is 0 Å². The molecule has 1 aliphatic rings. The van der Waals surface area contributed by atoms with E-state index in [4.69, 9.17) is 29.9 Å². The lowest BCUT2D eigenvalue weighted by molar-refractivity contribution is 0.521. The Labute approximate surface area is 698 Å². The Kier molecular flexibility index (Phi) is 18.2. The van der Waals surface area contributed by atoms with Crippen LogP contribution in [-0.2, 0) is 10.8 Å². The van der Waals surface area contributed by atoms with Gasteiger partial charge in [0.15, 0.2) is 34.9 Å². The van der Waals surface area contributed by atoms with Crippen molar-refractivity contribution < 1.29 is 0 Å². The lowest BCUT2D eigenvalue weighted by atomic mass is 9.59. The van der Waals surface area contributed by atoms with E-state index in [1.165, 1.54) is 126 Å². The summed E-state index contributed by atoms with van der Waals surface area (Å²) in [6.45, 7) is 9.44. The fourth-order valence-electron chi connectivity index (χ4n) is 17.7. The molecule has 0 fully saturated rings. The molecule has 0 N–H and O–H groups in total. The van der Waals surface area contributed by atoms with Crippen molar-refractivity contribution in [1.82, 2.24) is 29.9 Å². The van der Waals surface area contributed by atoms with Gasteiger partial charge in [0, 0.05) is 44.2 Å². The summed E-state index contributed by atoms with van der Waals surface area (Å²) in [4.78, 5) is 30.9. The number of nitrogens with zero attached hydrogens (tertiary/aromatic N) is 6. The minimum atomic E-state index is -0.284. The predicted molar refractivity (Wildman–Crippen MR) is 501 cm³/mol. The molecule has 2 aromatic heterocycles. The molecule has 19 aromatic carbocycles. The molecule has 6 heteroatoms. The molecule has 0 spiro atoms. The van der Waals surface area contributed by atoms with Crippen LogP contribution >= 0.6 is 0 Å². The summed E-state index contributed by atoms with van der Waals surface area (Å²) in [5, 5.41) is 14.7. The van der Waals surface area contributed by atoms with Gasteiger partial charge >= 0.3 is 0 Å². The van der Waals surface area contributed by atoms with Crippen LogP contribution in [0.2, 0.25) is 0 Å². The molecule has 21 aromatic rings. The number of benzene rings is 19. The molecule has 0 radical (unpaired) electrons. The van der Waals surface area contributed by atoms with E-state index in [1.54, 1.807) is 0 Å². The Hall–Kier alpha value is -15.2. The maximum Gasteiger partial charge on any atom is 0.164 e. The van der Waals surface area contributed by atoms with Crippen molar-refractivity contribution in [3.63, 3.8) is 0 Å². The summed E-state index contributed by atoms with van der Waals surface area (Å²) in [5.74, 6) is 3.85. The monoisotopic (exact) mass is 1530 g/mol. The Morgan fingerprint density at radius 3 is 0.675 bits per heavy atom. The molecular formula is C114H80N6. The molecule has 0 saturated heterocycles. The van der Waals surface area contributed by atoms with Crippen molar-refractivity contribution in [2.24, 2.45) is 0 Å². The van der Waals surface area contributed by atoms with E-state index in [0.717, 1.165) is 61.0 Å². The van der Waals surface area contributed by atoms with Crippen molar-refractivity contribution >= 4 is 64.6 Å². The highest BCUT2D eigenvalue weighted by Gasteiger charge is 2.42. The smallest absolute Gasteiger partial charge is 0.164 e. The third-order valence-corrected chi connectivity index (χ3v) is 24.5. The zero-order valence-electron chi connectivity index (χ0n) is 66.9. The number of fused-ring (bicyclic) bond motifs is 9. The average Bonchev–Trinajstić information content (AvgIpc) is 0.714. The summed E-state index contributed by atoms with van der Waals surface area (Å²) in [7, 11) is 0. The summed E-state index contributed by atoms with van der Waals surface area (Å²) >= 11 is 0. The zero-order valence-corrected chi connectivity index (χ0v) is 66.9. The van der Waals surface area contributed by atoms with E-state index < -0.39 is 0 Å². The Bertz CT molecular complexity index is 7540. The van der Waals surface area contributed by atoms with Crippen LogP contribution in [-0.4, -0.2) is 29.9 Å². The zero-order chi connectivity index (χ0) is 80.4. The third kappa shape index (κ3) is 13.8. The normalized spacial score (nSPS) is 12.6. The van der Waals surface area contributed by atoms with Crippen LogP contribution in [0.5, 0.6) is 0 Å². The second-order valence-electron chi connectivity index (χ2n) is 32.6. The maximum atomic E-state index is 5.24. The molecule has 0 saturated carbocycles. The van der Waals surface area contributed by atoms with E-state index in [1.807, 2.05) is 12.1 Å². The maximum absolute atomic E-state index is 5.24. The van der Waals surface area contributed by atoms with Crippen LogP contribution in [0.15, 0.2) is 413 Å². The van der Waals surface area contributed by atoms with Gasteiger partial charge in [0.05, 0.1) is 0 Å². The van der Waals surface area contributed by atoms with E-state index in [-0.39, 0.29) is 10.8 Å². The van der Waals surface area contributed by atoms with Gasteiger partial charge in [-0.15, -0.1) is 0 Å². The van der Waals surface area contributed by atoms with Crippen LogP contribution in [0.4, 0.5) is 0 Å². The van der Waals surface area contributed by atoms with Gasteiger partial charge in [-0.25, -0.2) is 29.9 Å². The van der Waals surface area contributed by atoms with Crippen LogP contribution in [0.25, 0.3) is 200 Å². The van der Waals surface area contributed by atoms with Gasteiger partial charge in [0.2, 0.25) is 0 Å². The largest absolute Gasteiger partial charge is 0.208 e. The number of hydrogen-bond donors (Lipinski definition) is 0. The molecule has 0 bridgehead atoms. The van der Waals surface area contributed by atoms with Gasteiger partial charge in [0.1, 0.15) is 0 Å². The first-order chi connectivity index (χ1) is 58.9. The first-order valence-corrected chi connectivity index (χ1v) is 41.2. The molecule has 0 amide bonds. The van der Waals surface area contributed by atoms with Crippen LogP contribution in [0.3, 0.4) is 0 Å². The van der Waals surface area contributed by atoms with E-state index in [2.05, 4.69) is 428 Å². The molecule has 120 heavy (non-hydrogen) atoms. The molecule has 2 heterocycles. The van der Waals surface area contributed by atoms with Gasteiger partial charge < -0.3 is 0 Å². The standard InChI is InChI=1S/C59H45N3.C55H35N3/c1-58(2)51-32-30-49(48-29-23-40-15-9-11-17-46(40)35-48)36-53(51)59(3,4)54-37-50(31-33-52(54)58)57-61-55(43-24-18-41(19-25-43)38-12-6-5-7-13-38)60-56(62-57)44-26-20-42(21-27-44)47-28-22-39-14-8-10-16-45(39)34-47;1-2-8-36(9-3-1)39-14-20-41(21-15-39)53-56-54(42-22-16-40(17-23-42)45-24-18-37-10-4-6-12-43(37)32-45)58-55(57-53)50-29-31-52-49(35-50)27-26-48-34-47(28-30-51(48)52)46-25-19-38-11-5-7-13-44(38)33-46/h5-37H,1-4H3;1-35H. The lowest BCUT2D eigenvalue weighted by Gasteiger charge is -2.44. The number of aromatic nitrogens is 6. The molecule has 0 aliphatic heterocycles. The molecule has 0 unspecified atom stereocenters. The molecular weight excluding hydrogens is 1450 g/mol. The van der Waals surface area contributed by atoms with Crippen molar-refractivity contribution in [3.05, 3.63) is 435 Å². The van der Waals surface area contributed by atoms with Crippen molar-refractivity contribution in [3.8, 4) is 135 Å². The summed E-state index contributed by atoms with van der Waals surface area (Å²) in [6.07, 6.45) is 0. The van der Waals surface area contributed by atoms with E-state index in [9.17, 15) is 0 Å². The second kappa shape index (κ2) is 30.1. The SMILES string of the molecule is CC1(C)c2ccc(-c3ccc4ccccc4c3)cc2C(C)(C)c2cc(-c3nc(-c4ccc(-c5ccccc5)cc4)nc(-c4ccc(-c5ccc6ccccc6c5)cc4)n3)ccc21.c1ccc(-c2ccc(-c3nc(-c4ccc(-c5ccc6ccccc6c5)cc4)nc(-c4ccc5c(ccc6cc(-c7ccc8ccccc8c7)ccc65)c4)n3)cc2)cc1. The van der Waals surface area contributed by atoms with E-state index in [0.29, 0.717) is 34.9 Å². The topological polar surface area (TPSA) is 77.3 Å². The molecule has 0 atom stereocenters. The highest BCUT2D eigenvalue weighted by Crippen LogP contribution is 2.52. The van der Waals surface area contributed by atoms with Crippen molar-refractivity contribution in [2.75, 3.05) is 0 Å². The van der Waals surface area contributed by atoms with Crippen LogP contribution in [0, 0.1) is 0 Å². The lowest BCUT2D eigenvalue weighted by Crippen LogP contribution is -2.36. The van der Waals surface area contributed by atoms with Crippen LogP contribution in [0.1, 0.15) is 49.9 Å². The van der Waals surface area contributed by atoms with Gasteiger partial charge in [-0.3, -0.25) is 0 Å². The molecule has 22 rings (SSSR count).